The van der Waals surface area contributed by atoms with Crippen molar-refractivity contribution in [2.24, 2.45) is 5.41 Å². The topological polar surface area (TPSA) is 9.23 Å². The number of methoxy groups -OCH3 is 1. The summed E-state index contributed by atoms with van der Waals surface area (Å²) in [6.45, 7) is 10.1. The second kappa shape index (κ2) is 2.49. The van der Waals surface area contributed by atoms with Crippen LogP contribution in [0.3, 0.4) is 0 Å². The first kappa shape index (κ1) is 7.96. The smallest absolute Gasteiger partial charge is 0.0620 e. The van der Waals surface area contributed by atoms with Gasteiger partial charge in [0.15, 0.2) is 0 Å². The second-order valence-electron chi connectivity index (χ2n) is 3.09. The average Bonchev–Trinajstić information content (AvgIpc) is 1.62. The molecule has 0 aromatic heterocycles. The van der Waals surface area contributed by atoms with Gasteiger partial charge in [-0.1, -0.05) is 20.8 Å². The molecule has 0 aliphatic carbocycles. The molecule has 0 heterocycles. The molecule has 0 rings (SSSR count). The Bertz CT molecular complexity index is 61.3. The summed E-state index contributed by atoms with van der Waals surface area (Å²) in [5.41, 5.74) is 0.175. The lowest BCUT2D eigenvalue weighted by Gasteiger charge is -2.25. The highest BCUT2D eigenvalue weighted by Crippen LogP contribution is 2.19. The molecular weight excluding hydrogens is 100 g/mol. The molecule has 1 heteroatoms. The van der Waals surface area contributed by atoms with Crippen molar-refractivity contribution in [2.75, 3.05) is 7.11 Å². The first-order valence-corrected chi connectivity index (χ1v) is 2.84. The van der Waals surface area contributed by atoms with Crippen molar-refractivity contribution in [3.63, 3.8) is 0 Å². The van der Waals surface area contributed by atoms with Crippen LogP contribution in [0.5, 0.6) is 0 Å². The van der Waals surface area contributed by atoms with Crippen molar-refractivity contribution in [2.45, 2.75) is 26.9 Å². The lowest BCUT2D eigenvalue weighted by atomic mass is 9.90. The van der Waals surface area contributed by atoms with Crippen molar-refractivity contribution in [1.82, 2.24) is 0 Å². The number of ether oxygens (including phenoxy) is 1. The van der Waals surface area contributed by atoms with E-state index in [1.807, 2.05) is 0 Å². The summed E-state index contributed by atoms with van der Waals surface area (Å²) in [6.07, 6.45) is 0.0995. The van der Waals surface area contributed by atoms with E-state index in [1.165, 1.54) is 0 Å². The van der Waals surface area contributed by atoms with E-state index < -0.39 is 0 Å². The highest BCUT2D eigenvalue weighted by molar-refractivity contribution is 4.75. The zero-order valence-corrected chi connectivity index (χ0v) is 6.19. The summed E-state index contributed by atoms with van der Waals surface area (Å²) >= 11 is 0. The molecule has 0 N–H and O–H groups in total. The zero-order chi connectivity index (χ0) is 6.78. The summed E-state index contributed by atoms with van der Waals surface area (Å²) in [7, 11) is 1.68. The predicted molar refractivity (Wildman–Crippen MR) is 35.6 cm³/mol. The third-order valence-electron chi connectivity index (χ3n) is 1.25. The Morgan fingerprint density at radius 1 is 1.38 bits per heavy atom. The maximum atomic E-state index is 5.00. The van der Waals surface area contributed by atoms with Crippen LogP contribution in [0.1, 0.15) is 20.8 Å². The number of hydrogen-bond acceptors (Lipinski definition) is 1. The van der Waals surface area contributed by atoms with E-state index >= 15 is 0 Å². The van der Waals surface area contributed by atoms with Crippen molar-refractivity contribution in [3.8, 4) is 0 Å². The monoisotopic (exact) mass is 115 g/mol. The first-order chi connectivity index (χ1) is 3.48. The molecule has 1 atom stereocenters. The lowest BCUT2D eigenvalue weighted by molar-refractivity contribution is 0.0513. The summed E-state index contributed by atoms with van der Waals surface area (Å²) < 4.78 is 5.00. The molecule has 0 spiro atoms. The molecule has 1 radical (unpaired) electrons. The van der Waals surface area contributed by atoms with Crippen molar-refractivity contribution in [3.05, 3.63) is 6.92 Å². The van der Waals surface area contributed by atoms with Gasteiger partial charge in [0.2, 0.25) is 0 Å². The highest BCUT2D eigenvalue weighted by Gasteiger charge is 2.18. The minimum atomic E-state index is 0.0995. The molecule has 49 valence electrons. The van der Waals surface area contributed by atoms with Gasteiger partial charge in [0.25, 0.3) is 0 Å². The first-order valence-electron chi connectivity index (χ1n) is 2.84. The van der Waals surface area contributed by atoms with E-state index in [-0.39, 0.29) is 11.5 Å². The Labute approximate surface area is 52.0 Å². The van der Waals surface area contributed by atoms with Gasteiger partial charge >= 0.3 is 0 Å². The SMILES string of the molecule is [CH2]C(OC)C(C)(C)C. The molecule has 0 aliphatic rings. The van der Waals surface area contributed by atoms with E-state index in [2.05, 4.69) is 27.7 Å². The predicted octanol–water partition coefficient (Wildman–Crippen LogP) is 1.88. The Morgan fingerprint density at radius 2 is 1.75 bits per heavy atom. The fraction of sp³-hybridized carbons (Fsp3) is 0.857. The van der Waals surface area contributed by atoms with Gasteiger partial charge in [0.1, 0.15) is 0 Å². The molecule has 0 aromatic carbocycles. The molecular formula is C7H15O. The van der Waals surface area contributed by atoms with Crippen LogP contribution in [0.25, 0.3) is 0 Å². The van der Waals surface area contributed by atoms with Crippen LogP contribution in [-0.2, 0) is 4.74 Å². The van der Waals surface area contributed by atoms with Crippen LogP contribution in [0.4, 0.5) is 0 Å². The van der Waals surface area contributed by atoms with Crippen molar-refractivity contribution < 1.29 is 4.74 Å². The third-order valence-corrected chi connectivity index (χ3v) is 1.25. The lowest BCUT2D eigenvalue weighted by Crippen LogP contribution is -2.24. The van der Waals surface area contributed by atoms with Gasteiger partial charge in [-0.15, -0.1) is 0 Å². The minimum Gasteiger partial charge on any atom is -0.381 e. The van der Waals surface area contributed by atoms with Gasteiger partial charge in [-0.2, -0.15) is 0 Å². The van der Waals surface area contributed by atoms with E-state index in [9.17, 15) is 0 Å². The average molecular weight is 115 g/mol. The van der Waals surface area contributed by atoms with Crippen LogP contribution in [-0.4, -0.2) is 13.2 Å². The number of rotatable bonds is 1. The molecule has 0 fully saturated rings. The molecule has 1 unspecified atom stereocenters. The molecule has 8 heavy (non-hydrogen) atoms. The molecule has 0 aromatic rings. The molecule has 0 bridgehead atoms. The van der Waals surface area contributed by atoms with Gasteiger partial charge in [-0.25, -0.2) is 0 Å². The second-order valence-corrected chi connectivity index (χ2v) is 3.09. The van der Waals surface area contributed by atoms with Crippen molar-refractivity contribution in [1.29, 1.82) is 0 Å². The molecule has 0 aliphatic heterocycles. The van der Waals surface area contributed by atoms with Crippen LogP contribution in [0.2, 0.25) is 0 Å². The Hall–Kier alpha value is -0.0400. The van der Waals surface area contributed by atoms with Crippen LogP contribution in [0.15, 0.2) is 0 Å². The fourth-order valence-electron chi connectivity index (χ4n) is 0.354. The van der Waals surface area contributed by atoms with Crippen LogP contribution >= 0.6 is 0 Å². The van der Waals surface area contributed by atoms with Crippen molar-refractivity contribution >= 4 is 0 Å². The molecule has 0 saturated carbocycles. The molecule has 0 amide bonds. The van der Waals surface area contributed by atoms with E-state index in [0.717, 1.165) is 0 Å². The normalized spacial score (nSPS) is 16.1. The highest BCUT2D eigenvalue weighted by atomic mass is 16.5. The fourth-order valence-corrected chi connectivity index (χ4v) is 0.354. The van der Waals surface area contributed by atoms with Gasteiger partial charge < -0.3 is 4.74 Å². The standard InChI is InChI=1S/C7H15O/c1-6(8-5)7(2,3)4/h6H,1H2,2-5H3. The summed E-state index contributed by atoms with van der Waals surface area (Å²) in [4.78, 5) is 0. The van der Waals surface area contributed by atoms with Gasteiger partial charge in [-0.3, -0.25) is 0 Å². The van der Waals surface area contributed by atoms with Crippen LogP contribution < -0.4 is 0 Å². The maximum absolute atomic E-state index is 5.00. The summed E-state index contributed by atoms with van der Waals surface area (Å²) in [6, 6.07) is 0. The Morgan fingerprint density at radius 3 is 1.75 bits per heavy atom. The third kappa shape index (κ3) is 2.31. The van der Waals surface area contributed by atoms with Gasteiger partial charge in [0.05, 0.1) is 6.10 Å². The minimum absolute atomic E-state index is 0.0995. The zero-order valence-electron chi connectivity index (χ0n) is 6.19. The van der Waals surface area contributed by atoms with Gasteiger partial charge in [0, 0.05) is 7.11 Å². The largest absolute Gasteiger partial charge is 0.381 e. The Kier molecular flexibility index (Phi) is 2.48. The molecule has 0 saturated heterocycles. The van der Waals surface area contributed by atoms with E-state index in [4.69, 9.17) is 4.74 Å². The van der Waals surface area contributed by atoms with Gasteiger partial charge in [-0.05, 0) is 12.3 Å². The van der Waals surface area contributed by atoms with E-state index in [1.54, 1.807) is 7.11 Å². The van der Waals surface area contributed by atoms with Crippen LogP contribution in [0, 0.1) is 12.3 Å². The maximum Gasteiger partial charge on any atom is 0.0620 e. The summed E-state index contributed by atoms with van der Waals surface area (Å²) in [5.74, 6) is 0. The van der Waals surface area contributed by atoms with E-state index in [0.29, 0.717) is 0 Å². The summed E-state index contributed by atoms with van der Waals surface area (Å²) in [5, 5.41) is 0. The Balaban J connectivity index is 3.62. The molecule has 1 nitrogen and oxygen atoms in total. The quantitative estimate of drug-likeness (QED) is 0.507. The number of hydrogen-bond donors (Lipinski definition) is 0.